The molecule has 0 aromatic carbocycles. The Balaban J connectivity index is 3.05. The van der Waals surface area contributed by atoms with Gasteiger partial charge in [0.05, 0.1) is 6.10 Å². The van der Waals surface area contributed by atoms with E-state index in [-0.39, 0.29) is 12.5 Å². The first kappa shape index (κ1) is 11.4. The first-order valence-electron chi connectivity index (χ1n) is 4.36. The van der Waals surface area contributed by atoms with Crippen LogP contribution in [0.3, 0.4) is 0 Å². The smallest absolute Gasteiger partial charge is 0.303 e. The van der Waals surface area contributed by atoms with E-state index < -0.39 is 5.97 Å². The lowest BCUT2D eigenvalue weighted by Crippen LogP contribution is -2.03. The SMILES string of the molecule is [CH2]CC(O)CCCCCC(=O)O. The van der Waals surface area contributed by atoms with Crippen molar-refractivity contribution in [3.63, 3.8) is 0 Å². The molecule has 0 spiro atoms. The molecule has 0 aliphatic carbocycles. The third kappa shape index (κ3) is 7.54. The van der Waals surface area contributed by atoms with E-state index >= 15 is 0 Å². The van der Waals surface area contributed by atoms with Crippen LogP contribution in [0.5, 0.6) is 0 Å². The number of carboxylic acid groups (broad SMARTS) is 1. The van der Waals surface area contributed by atoms with Crippen molar-refractivity contribution < 1.29 is 15.0 Å². The number of aliphatic carboxylic acids is 1. The summed E-state index contributed by atoms with van der Waals surface area (Å²) in [6.07, 6.45) is 3.68. The Hall–Kier alpha value is -0.570. The van der Waals surface area contributed by atoms with Gasteiger partial charge < -0.3 is 10.2 Å². The summed E-state index contributed by atoms with van der Waals surface area (Å²) in [4.78, 5) is 10.1. The molecule has 0 aliphatic rings. The molecule has 0 heterocycles. The number of hydrogen-bond donors (Lipinski definition) is 2. The van der Waals surface area contributed by atoms with E-state index in [1.807, 2.05) is 0 Å². The van der Waals surface area contributed by atoms with Gasteiger partial charge >= 0.3 is 5.97 Å². The average Bonchev–Trinajstić information content (AvgIpc) is 2.03. The number of carbonyl (C=O) groups is 1. The highest BCUT2D eigenvalue weighted by Gasteiger charge is 2.00. The monoisotopic (exact) mass is 173 g/mol. The van der Waals surface area contributed by atoms with E-state index in [1.165, 1.54) is 0 Å². The molecular formula is C9H17O3. The van der Waals surface area contributed by atoms with Gasteiger partial charge in [-0.15, -0.1) is 0 Å². The predicted octanol–water partition coefficient (Wildman–Crippen LogP) is 1.61. The molecule has 0 amide bonds. The fourth-order valence-corrected chi connectivity index (χ4v) is 0.977. The van der Waals surface area contributed by atoms with E-state index in [1.54, 1.807) is 0 Å². The lowest BCUT2D eigenvalue weighted by atomic mass is 10.1. The third-order valence-electron chi connectivity index (χ3n) is 1.76. The highest BCUT2D eigenvalue weighted by molar-refractivity contribution is 5.66. The van der Waals surface area contributed by atoms with Gasteiger partial charge in [0, 0.05) is 6.42 Å². The van der Waals surface area contributed by atoms with Crippen LogP contribution in [-0.2, 0) is 4.79 Å². The Labute approximate surface area is 73.4 Å². The molecule has 3 heteroatoms. The van der Waals surface area contributed by atoms with Crippen molar-refractivity contribution in [1.82, 2.24) is 0 Å². The summed E-state index contributed by atoms with van der Waals surface area (Å²) in [6.45, 7) is 3.57. The topological polar surface area (TPSA) is 57.5 Å². The van der Waals surface area contributed by atoms with Crippen molar-refractivity contribution in [3.05, 3.63) is 6.92 Å². The zero-order chi connectivity index (χ0) is 9.40. The maximum absolute atomic E-state index is 10.1. The molecule has 1 unspecified atom stereocenters. The van der Waals surface area contributed by atoms with Crippen LogP contribution in [0.2, 0.25) is 0 Å². The van der Waals surface area contributed by atoms with E-state index in [0.29, 0.717) is 12.8 Å². The number of hydrogen-bond acceptors (Lipinski definition) is 2. The second-order valence-corrected chi connectivity index (χ2v) is 2.94. The highest BCUT2D eigenvalue weighted by atomic mass is 16.4. The van der Waals surface area contributed by atoms with Gasteiger partial charge in [-0.25, -0.2) is 0 Å². The molecule has 0 aromatic rings. The highest BCUT2D eigenvalue weighted by Crippen LogP contribution is 2.07. The number of carboxylic acids is 1. The second kappa shape index (κ2) is 7.10. The summed E-state index contributed by atoms with van der Waals surface area (Å²) in [5.74, 6) is -0.743. The fraction of sp³-hybridized carbons (Fsp3) is 0.778. The van der Waals surface area contributed by atoms with Crippen LogP contribution < -0.4 is 0 Å². The lowest BCUT2D eigenvalue weighted by molar-refractivity contribution is -0.137. The van der Waals surface area contributed by atoms with Crippen molar-refractivity contribution in [1.29, 1.82) is 0 Å². The van der Waals surface area contributed by atoms with Crippen molar-refractivity contribution >= 4 is 5.97 Å². The quantitative estimate of drug-likeness (QED) is 0.575. The minimum Gasteiger partial charge on any atom is -0.481 e. The van der Waals surface area contributed by atoms with Crippen LogP contribution in [-0.4, -0.2) is 22.3 Å². The van der Waals surface area contributed by atoms with Gasteiger partial charge in [-0.3, -0.25) is 4.79 Å². The minimum atomic E-state index is -0.743. The number of unbranched alkanes of at least 4 members (excludes halogenated alkanes) is 2. The minimum absolute atomic E-state index is 0.237. The van der Waals surface area contributed by atoms with Crippen molar-refractivity contribution in [2.45, 2.75) is 44.6 Å². The normalized spacial score (nSPS) is 12.8. The molecule has 71 valence electrons. The second-order valence-electron chi connectivity index (χ2n) is 2.94. The van der Waals surface area contributed by atoms with Crippen molar-refractivity contribution in [2.75, 3.05) is 0 Å². The van der Waals surface area contributed by atoms with Gasteiger partial charge in [-0.1, -0.05) is 19.8 Å². The largest absolute Gasteiger partial charge is 0.481 e. The Morgan fingerprint density at radius 3 is 2.50 bits per heavy atom. The molecule has 0 aliphatic heterocycles. The van der Waals surface area contributed by atoms with Crippen molar-refractivity contribution in [2.24, 2.45) is 0 Å². The van der Waals surface area contributed by atoms with Crippen molar-refractivity contribution in [3.8, 4) is 0 Å². The van der Waals surface area contributed by atoms with Gasteiger partial charge in [-0.2, -0.15) is 0 Å². The molecule has 0 fully saturated rings. The van der Waals surface area contributed by atoms with Gasteiger partial charge in [0.2, 0.25) is 0 Å². The van der Waals surface area contributed by atoms with E-state index in [0.717, 1.165) is 19.3 Å². The Kier molecular flexibility index (Phi) is 6.76. The number of rotatable bonds is 7. The van der Waals surface area contributed by atoms with Crippen LogP contribution >= 0.6 is 0 Å². The third-order valence-corrected chi connectivity index (χ3v) is 1.76. The summed E-state index contributed by atoms with van der Waals surface area (Å²) in [5.41, 5.74) is 0. The molecule has 0 saturated carbocycles. The molecule has 0 rings (SSSR count). The first-order valence-corrected chi connectivity index (χ1v) is 4.36. The molecule has 0 bridgehead atoms. The standard InChI is InChI=1S/C9H17O3/c1-2-8(10)6-4-3-5-7-9(11)12/h8,10H,1-7H2,(H,11,12). The number of aliphatic hydroxyl groups excluding tert-OH is 1. The average molecular weight is 173 g/mol. The summed E-state index contributed by atoms with van der Waals surface area (Å²) < 4.78 is 0. The van der Waals surface area contributed by atoms with Gasteiger partial charge in [0.1, 0.15) is 0 Å². The lowest BCUT2D eigenvalue weighted by Gasteiger charge is -2.05. The maximum atomic E-state index is 10.1. The Bertz CT molecular complexity index is 123. The van der Waals surface area contributed by atoms with Gasteiger partial charge in [-0.05, 0) is 19.3 Å². The van der Waals surface area contributed by atoms with Crippen LogP contribution in [0.1, 0.15) is 38.5 Å². The van der Waals surface area contributed by atoms with Crippen LogP contribution in [0.25, 0.3) is 0 Å². The van der Waals surface area contributed by atoms with E-state index in [2.05, 4.69) is 6.92 Å². The molecule has 0 saturated heterocycles. The molecule has 2 N–H and O–H groups in total. The van der Waals surface area contributed by atoms with Gasteiger partial charge in [0.25, 0.3) is 0 Å². The summed E-state index contributed by atoms with van der Waals surface area (Å²) in [5, 5.41) is 17.4. The summed E-state index contributed by atoms with van der Waals surface area (Å²) in [7, 11) is 0. The van der Waals surface area contributed by atoms with Crippen LogP contribution in [0.4, 0.5) is 0 Å². The predicted molar refractivity (Wildman–Crippen MR) is 46.7 cm³/mol. The molecule has 12 heavy (non-hydrogen) atoms. The zero-order valence-corrected chi connectivity index (χ0v) is 7.33. The summed E-state index contributed by atoms with van der Waals surface area (Å²) >= 11 is 0. The van der Waals surface area contributed by atoms with E-state index in [4.69, 9.17) is 10.2 Å². The molecular weight excluding hydrogens is 156 g/mol. The molecule has 3 nitrogen and oxygen atoms in total. The maximum Gasteiger partial charge on any atom is 0.303 e. The van der Waals surface area contributed by atoms with Crippen LogP contribution in [0, 0.1) is 6.92 Å². The van der Waals surface area contributed by atoms with Crippen LogP contribution in [0.15, 0.2) is 0 Å². The first-order chi connectivity index (χ1) is 5.66. The Morgan fingerprint density at radius 2 is 2.00 bits per heavy atom. The zero-order valence-electron chi connectivity index (χ0n) is 7.33. The van der Waals surface area contributed by atoms with E-state index in [9.17, 15) is 4.79 Å². The molecule has 1 radical (unpaired) electrons. The molecule has 0 aromatic heterocycles. The Morgan fingerprint density at radius 1 is 1.33 bits per heavy atom. The number of aliphatic hydroxyl groups is 1. The summed E-state index contributed by atoms with van der Waals surface area (Å²) in [6, 6.07) is 0. The molecule has 1 atom stereocenters. The van der Waals surface area contributed by atoms with Gasteiger partial charge in [0.15, 0.2) is 0 Å². The fourth-order valence-electron chi connectivity index (χ4n) is 0.977.